The standard InChI is InChI=1S/C12H17NO4Si/c1-12(2,3)18(4,5)11-7(14)6-8-9(13(15)16)10(11)17-8/h6,14H,1-5H3. The number of aromatic hydroxyl groups is 1. The van der Waals surface area contributed by atoms with Gasteiger partial charge in [-0.25, -0.2) is 0 Å². The van der Waals surface area contributed by atoms with Crippen LogP contribution < -0.4 is 9.92 Å². The largest absolute Gasteiger partial charge is 0.508 e. The van der Waals surface area contributed by atoms with Crippen LogP contribution in [-0.2, 0) is 0 Å². The number of hydrogen-bond acceptors (Lipinski definition) is 4. The fourth-order valence-electron chi connectivity index (χ4n) is 2.00. The molecule has 0 saturated carbocycles. The Morgan fingerprint density at radius 3 is 2.39 bits per heavy atom. The summed E-state index contributed by atoms with van der Waals surface area (Å²) in [5.41, 5.74) is 0.00706. The van der Waals surface area contributed by atoms with E-state index in [4.69, 9.17) is 4.74 Å². The Morgan fingerprint density at radius 2 is 1.94 bits per heavy atom. The number of hydrogen-bond donors (Lipinski definition) is 1. The van der Waals surface area contributed by atoms with E-state index in [1.54, 1.807) is 0 Å². The van der Waals surface area contributed by atoms with Gasteiger partial charge >= 0.3 is 5.69 Å². The van der Waals surface area contributed by atoms with Crippen molar-refractivity contribution in [1.29, 1.82) is 0 Å². The van der Waals surface area contributed by atoms with Gasteiger partial charge in [0.05, 0.1) is 13.0 Å². The number of benzene rings is 1. The molecule has 98 valence electrons. The first kappa shape index (κ1) is 12.9. The zero-order valence-electron chi connectivity index (χ0n) is 11.2. The highest BCUT2D eigenvalue weighted by Gasteiger charge is 2.48. The third-order valence-corrected chi connectivity index (χ3v) is 9.58. The van der Waals surface area contributed by atoms with Crippen LogP contribution in [-0.4, -0.2) is 18.1 Å². The zero-order chi connectivity index (χ0) is 13.9. The SMILES string of the molecule is CC(C)(C)[Si](C)(C)c1c(O)cc2c([N+](=O)[O-])c1O2. The molecule has 0 radical (unpaired) electrons. The molecule has 0 aliphatic carbocycles. The third-order valence-electron chi connectivity index (χ3n) is 4.09. The number of phenolic OH excluding ortho intramolecular Hbond substituents is 1. The molecule has 5 nitrogen and oxygen atoms in total. The number of fused-ring (bicyclic) bond motifs is 2. The fourth-order valence-corrected chi connectivity index (χ4v) is 4.20. The van der Waals surface area contributed by atoms with Gasteiger partial charge < -0.3 is 9.84 Å². The maximum atomic E-state index is 11.0. The van der Waals surface area contributed by atoms with Crippen LogP contribution in [0.5, 0.6) is 17.2 Å². The minimum absolute atomic E-state index is 0.00706. The molecule has 0 unspecified atom stereocenters. The van der Waals surface area contributed by atoms with Crippen molar-refractivity contribution in [2.45, 2.75) is 38.9 Å². The molecular formula is C12H17NO4Si. The molecule has 2 aliphatic heterocycles. The van der Waals surface area contributed by atoms with Crippen molar-refractivity contribution >= 4 is 18.9 Å². The molecule has 0 atom stereocenters. The molecule has 0 saturated heterocycles. The summed E-state index contributed by atoms with van der Waals surface area (Å²) >= 11 is 0. The molecule has 2 aliphatic rings. The Kier molecular flexibility index (Phi) is 2.49. The van der Waals surface area contributed by atoms with Crippen molar-refractivity contribution in [3.63, 3.8) is 0 Å². The van der Waals surface area contributed by atoms with Gasteiger partial charge in [0.2, 0.25) is 11.5 Å². The summed E-state index contributed by atoms with van der Waals surface area (Å²) < 4.78 is 5.33. The third kappa shape index (κ3) is 1.52. The van der Waals surface area contributed by atoms with Crippen molar-refractivity contribution in [2.24, 2.45) is 0 Å². The van der Waals surface area contributed by atoms with Gasteiger partial charge in [-0.3, -0.25) is 10.1 Å². The maximum Gasteiger partial charge on any atom is 0.353 e. The Labute approximate surface area is 107 Å². The van der Waals surface area contributed by atoms with Gasteiger partial charge in [-0.05, 0) is 5.04 Å². The van der Waals surface area contributed by atoms with Gasteiger partial charge in [0, 0.05) is 11.3 Å². The number of nitrogens with zero attached hydrogens (tertiary/aromatic N) is 1. The van der Waals surface area contributed by atoms with E-state index in [0.29, 0.717) is 5.19 Å². The second-order valence-electron chi connectivity index (χ2n) is 6.18. The van der Waals surface area contributed by atoms with E-state index in [2.05, 4.69) is 33.9 Å². The number of ether oxygens (including phenoxy) is 1. The monoisotopic (exact) mass is 267 g/mol. The Hall–Kier alpha value is -1.56. The minimum Gasteiger partial charge on any atom is -0.508 e. The summed E-state index contributed by atoms with van der Waals surface area (Å²) in [4.78, 5) is 10.5. The normalized spacial score (nSPS) is 13.8. The lowest BCUT2D eigenvalue weighted by molar-refractivity contribution is -0.390. The van der Waals surface area contributed by atoms with Crippen LogP contribution in [0.4, 0.5) is 5.69 Å². The van der Waals surface area contributed by atoms with Gasteiger partial charge in [0.15, 0.2) is 0 Å². The lowest BCUT2D eigenvalue weighted by atomic mass is 10.2. The molecule has 3 rings (SSSR count). The van der Waals surface area contributed by atoms with E-state index in [9.17, 15) is 15.2 Å². The first-order chi connectivity index (χ1) is 8.07. The van der Waals surface area contributed by atoms with Crippen LogP contribution in [0.3, 0.4) is 0 Å². The van der Waals surface area contributed by atoms with E-state index in [1.165, 1.54) is 6.07 Å². The van der Waals surface area contributed by atoms with Gasteiger partial charge in [0.25, 0.3) is 0 Å². The summed E-state index contributed by atoms with van der Waals surface area (Å²) in [6.45, 7) is 10.4. The lowest BCUT2D eigenvalue weighted by Gasteiger charge is -2.39. The Bertz CT molecular complexity index is 546. The topological polar surface area (TPSA) is 72.6 Å². The molecule has 1 aromatic rings. The fraction of sp³-hybridized carbons (Fsp3) is 0.500. The van der Waals surface area contributed by atoms with Crippen molar-refractivity contribution in [1.82, 2.24) is 0 Å². The minimum atomic E-state index is -2.08. The van der Waals surface area contributed by atoms with Crippen LogP contribution in [0, 0.1) is 10.1 Å². The van der Waals surface area contributed by atoms with Gasteiger partial charge in [-0.1, -0.05) is 33.9 Å². The van der Waals surface area contributed by atoms with Crippen molar-refractivity contribution in [3.8, 4) is 17.2 Å². The Balaban J connectivity index is 2.68. The zero-order valence-corrected chi connectivity index (χ0v) is 12.2. The highest BCUT2D eigenvalue weighted by atomic mass is 28.3. The molecular weight excluding hydrogens is 250 g/mol. The van der Waals surface area contributed by atoms with Gasteiger partial charge in [0.1, 0.15) is 5.75 Å². The molecule has 0 fully saturated rings. The van der Waals surface area contributed by atoms with E-state index in [0.717, 1.165) is 0 Å². The molecule has 2 heterocycles. The summed E-state index contributed by atoms with van der Waals surface area (Å²) in [6.07, 6.45) is 0. The van der Waals surface area contributed by atoms with Crippen LogP contribution in [0.25, 0.3) is 0 Å². The van der Waals surface area contributed by atoms with E-state index in [-0.39, 0.29) is 28.0 Å². The van der Waals surface area contributed by atoms with Gasteiger partial charge in [-0.2, -0.15) is 0 Å². The second-order valence-corrected chi connectivity index (χ2v) is 11.4. The average Bonchev–Trinajstić information content (AvgIpc) is 2.12. The van der Waals surface area contributed by atoms with Crippen molar-refractivity contribution < 1.29 is 14.8 Å². The Morgan fingerprint density at radius 1 is 1.39 bits per heavy atom. The smallest absolute Gasteiger partial charge is 0.353 e. The summed E-state index contributed by atoms with van der Waals surface area (Å²) in [7, 11) is -2.08. The highest BCUT2D eigenvalue weighted by molar-refractivity contribution is 6.93. The molecule has 1 N–H and O–H groups in total. The van der Waals surface area contributed by atoms with Gasteiger partial charge in [-0.15, -0.1) is 0 Å². The first-order valence-electron chi connectivity index (χ1n) is 5.80. The average molecular weight is 267 g/mol. The number of phenols is 1. The quantitative estimate of drug-likeness (QED) is 0.515. The molecule has 0 spiro atoms. The number of nitro benzene ring substituents is 1. The number of nitro groups is 1. The lowest BCUT2D eigenvalue weighted by Crippen LogP contribution is -2.51. The van der Waals surface area contributed by atoms with Crippen LogP contribution >= 0.6 is 0 Å². The maximum absolute atomic E-state index is 11.0. The highest BCUT2D eigenvalue weighted by Crippen LogP contribution is 2.53. The van der Waals surface area contributed by atoms with E-state index in [1.807, 2.05) is 0 Å². The first-order valence-corrected chi connectivity index (χ1v) is 8.80. The van der Waals surface area contributed by atoms with Crippen LogP contribution in [0.15, 0.2) is 6.07 Å². The van der Waals surface area contributed by atoms with Crippen LogP contribution in [0.1, 0.15) is 20.8 Å². The molecule has 2 bridgehead atoms. The second kappa shape index (κ2) is 3.47. The van der Waals surface area contributed by atoms with Crippen molar-refractivity contribution in [2.75, 3.05) is 0 Å². The molecule has 18 heavy (non-hydrogen) atoms. The van der Waals surface area contributed by atoms with E-state index < -0.39 is 13.0 Å². The molecule has 0 aromatic heterocycles. The molecule has 1 aromatic carbocycles. The predicted molar refractivity (Wildman–Crippen MR) is 71.7 cm³/mol. The summed E-state index contributed by atoms with van der Waals surface area (Å²) in [6, 6.07) is 1.36. The predicted octanol–water partition coefficient (Wildman–Crippen LogP) is 3.12. The summed E-state index contributed by atoms with van der Waals surface area (Å²) in [5, 5.41) is 21.6. The number of rotatable bonds is 2. The van der Waals surface area contributed by atoms with Crippen molar-refractivity contribution in [3.05, 3.63) is 16.2 Å². The van der Waals surface area contributed by atoms with Crippen LogP contribution in [0.2, 0.25) is 18.1 Å². The summed E-state index contributed by atoms with van der Waals surface area (Å²) in [5.74, 6) is 0.556. The van der Waals surface area contributed by atoms with E-state index >= 15 is 0 Å². The molecule has 6 heteroatoms. The molecule has 0 amide bonds.